The summed E-state index contributed by atoms with van der Waals surface area (Å²) in [5.41, 5.74) is 11.5. The van der Waals surface area contributed by atoms with Gasteiger partial charge in [-0.05, 0) is 57.9 Å². The van der Waals surface area contributed by atoms with Gasteiger partial charge in [0.25, 0.3) is 0 Å². The number of aliphatic hydroxyl groups is 1. The fourth-order valence-corrected chi connectivity index (χ4v) is 3.80. The van der Waals surface area contributed by atoms with Crippen molar-refractivity contribution in [3.05, 3.63) is 0 Å². The number of aliphatic carboxylic acids is 1. The Hall–Kier alpha value is -2.24. The largest absolute Gasteiger partial charge is 0.480 e. The highest BCUT2D eigenvalue weighted by Gasteiger charge is 2.38. The third-order valence-electron chi connectivity index (χ3n) is 5.51. The first kappa shape index (κ1) is 27.8. The average Bonchev–Trinajstić information content (AvgIpc) is 3.19. The molecule has 1 aliphatic rings. The lowest BCUT2D eigenvalue weighted by Crippen LogP contribution is -2.57. The topological polar surface area (TPSA) is 188 Å². The van der Waals surface area contributed by atoms with E-state index in [1.165, 1.54) is 11.8 Å². The fraction of sp³-hybridized carbons (Fsp3) is 0.810. The molecule has 11 nitrogen and oxygen atoms in total. The first-order chi connectivity index (χ1) is 15.0. The van der Waals surface area contributed by atoms with Gasteiger partial charge in [-0.15, -0.1) is 0 Å². The number of carboxylic acid groups (broad SMARTS) is 1. The molecule has 5 unspecified atom stereocenters. The van der Waals surface area contributed by atoms with Crippen LogP contribution < -0.4 is 22.1 Å². The van der Waals surface area contributed by atoms with Crippen molar-refractivity contribution < 1.29 is 29.4 Å². The van der Waals surface area contributed by atoms with E-state index in [2.05, 4.69) is 10.6 Å². The van der Waals surface area contributed by atoms with Crippen molar-refractivity contribution in [1.82, 2.24) is 15.5 Å². The van der Waals surface area contributed by atoms with Crippen LogP contribution in [0, 0.1) is 5.92 Å². The molecule has 0 spiro atoms. The number of carbonyl (C=O) groups is 4. The van der Waals surface area contributed by atoms with E-state index in [1.54, 1.807) is 0 Å². The third-order valence-corrected chi connectivity index (χ3v) is 5.51. The molecule has 0 aromatic carbocycles. The van der Waals surface area contributed by atoms with Crippen molar-refractivity contribution in [2.45, 2.75) is 89.6 Å². The SMILES string of the molecule is CC(C)CC(N)C(=O)N1CCCC1C(=O)NC(CCCCN)C(=O)NC(C(=O)O)C(C)O. The van der Waals surface area contributed by atoms with Gasteiger partial charge < -0.3 is 37.2 Å². The number of unbranched alkanes of at least 4 members (excludes halogenated alkanes) is 1. The molecule has 3 amide bonds. The van der Waals surface area contributed by atoms with E-state index in [0.29, 0.717) is 45.2 Å². The number of carboxylic acids is 1. The van der Waals surface area contributed by atoms with Crippen molar-refractivity contribution in [2.75, 3.05) is 13.1 Å². The molecule has 5 atom stereocenters. The standard InChI is InChI=1S/C21H39N5O6/c1-12(2)11-14(23)20(30)26-10-6-8-16(26)19(29)24-15(7-4-5-9-22)18(28)25-17(13(3)27)21(31)32/h12-17,27H,4-11,22-23H2,1-3H3,(H,24,29)(H,25,28)(H,31,32). The van der Waals surface area contributed by atoms with Crippen molar-refractivity contribution >= 4 is 23.7 Å². The summed E-state index contributed by atoms with van der Waals surface area (Å²) in [6.45, 7) is 6.00. The summed E-state index contributed by atoms with van der Waals surface area (Å²) in [6, 6.07) is -3.96. The molecule has 0 radical (unpaired) electrons. The molecule has 1 fully saturated rings. The molecule has 11 heteroatoms. The van der Waals surface area contributed by atoms with Crippen LogP contribution in [0.1, 0.15) is 59.3 Å². The second kappa shape index (κ2) is 13.3. The number of hydrogen-bond donors (Lipinski definition) is 6. The Labute approximate surface area is 189 Å². The zero-order valence-corrected chi connectivity index (χ0v) is 19.3. The van der Waals surface area contributed by atoms with Gasteiger partial charge in [0, 0.05) is 6.54 Å². The maximum atomic E-state index is 13.0. The van der Waals surface area contributed by atoms with Crippen LogP contribution in [-0.2, 0) is 19.2 Å². The van der Waals surface area contributed by atoms with Gasteiger partial charge >= 0.3 is 5.97 Å². The minimum Gasteiger partial charge on any atom is -0.480 e. The Morgan fingerprint density at radius 1 is 1.12 bits per heavy atom. The summed E-state index contributed by atoms with van der Waals surface area (Å²) < 4.78 is 0. The molecule has 0 aliphatic carbocycles. The highest BCUT2D eigenvalue weighted by molar-refractivity contribution is 5.94. The summed E-state index contributed by atoms with van der Waals surface area (Å²) in [5.74, 6) is -2.64. The zero-order chi connectivity index (χ0) is 24.4. The second-order valence-electron chi connectivity index (χ2n) is 8.84. The Morgan fingerprint density at radius 3 is 2.31 bits per heavy atom. The van der Waals surface area contributed by atoms with E-state index in [1.807, 2.05) is 13.8 Å². The molecule has 0 bridgehead atoms. The molecule has 0 aromatic heterocycles. The predicted molar refractivity (Wildman–Crippen MR) is 118 cm³/mol. The van der Waals surface area contributed by atoms with Gasteiger partial charge in [0.2, 0.25) is 17.7 Å². The van der Waals surface area contributed by atoms with Crippen LogP contribution in [-0.4, -0.2) is 82.2 Å². The average molecular weight is 458 g/mol. The molecule has 1 aliphatic heterocycles. The monoisotopic (exact) mass is 457 g/mol. The molecule has 0 aromatic rings. The lowest BCUT2D eigenvalue weighted by Gasteiger charge is -2.29. The number of likely N-dealkylation sites (tertiary alicyclic amines) is 1. The first-order valence-corrected chi connectivity index (χ1v) is 11.3. The number of hydrogen-bond acceptors (Lipinski definition) is 7. The second-order valence-corrected chi connectivity index (χ2v) is 8.84. The van der Waals surface area contributed by atoms with Crippen LogP contribution in [0.15, 0.2) is 0 Å². The van der Waals surface area contributed by atoms with Crippen molar-refractivity contribution in [3.63, 3.8) is 0 Å². The molecular formula is C21H39N5O6. The Bertz CT molecular complexity index is 657. The first-order valence-electron chi connectivity index (χ1n) is 11.3. The predicted octanol–water partition coefficient (Wildman–Crippen LogP) is -1.09. The highest BCUT2D eigenvalue weighted by Crippen LogP contribution is 2.20. The molecule has 32 heavy (non-hydrogen) atoms. The molecule has 1 saturated heterocycles. The Balaban J connectivity index is 2.90. The fourth-order valence-electron chi connectivity index (χ4n) is 3.80. The van der Waals surface area contributed by atoms with Gasteiger partial charge in [0.15, 0.2) is 6.04 Å². The maximum absolute atomic E-state index is 13.0. The van der Waals surface area contributed by atoms with Crippen molar-refractivity contribution in [2.24, 2.45) is 17.4 Å². The summed E-state index contributed by atoms with van der Waals surface area (Å²) in [4.78, 5) is 51.2. The Kier molecular flexibility index (Phi) is 11.6. The summed E-state index contributed by atoms with van der Waals surface area (Å²) in [6.07, 6.45) is 1.69. The number of aliphatic hydroxyl groups excluding tert-OH is 1. The van der Waals surface area contributed by atoms with E-state index in [4.69, 9.17) is 11.5 Å². The molecular weight excluding hydrogens is 418 g/mol. The summed E-state index contributed by atoms with van der Waals surface area (Å²) >= 11 is 0. The lowest BCUT2D eigenvalue weighted by atomic mass is 10.0. The van der Waals surface area contributed by atoms with E-state index >= 15 is 0 Å². The number of nitrogens with zero attached hydrogens (tertiary/aromatic N) is 1. The molecule has 1 heterocycles. The smallest absolute Gasteiger partial charge is 0.328 e. The minimum absolute atomic E-state index is 0.232. The van der Waals surface area contributed by atoms with Gasteiger partial charge in [-0.25, -0.2) is 4.79 Å². The maximum Gasteiger partial charge on any atom is 0.328 e. The van der Waals surface area contributed by atoms with Gasteiger partial charge in [-0.2, -0.15) is 0 Å². The van der Waals surface area contributed by atoms with Gasteiger partial charge in [-0.1, -0.05) is 13.8 Å². The number of rotatable bonds is 13. The third kappa shape index (κ3) is 8.36. The van der Waals surface area contributed by atoms with Crippen LogP contribution >= 0.6 is 0 Å². The lowest BCUT2D eigenvalue weighted by molar-refractivity contribution is -0.145. The van der Waals surface area contributed by atoms with Gasteiger partial charge in [0.1, 0.15) is 12.1 Å². The summed E-state index contributed by atoms with van der Waals surface area (Å²) in [7, 11) is 0. The normalized spacial score (nSPS) is 19.8. The van der Waals surface area contributed by atoms with Crippen molar-refractivity contribution in [3.8, 4) is 0 Å². The van der Waals surface area contributed by atoms with Crippen molar-refractivity contribution in [1.29, 1.82) is 0 Å². The van der Waals surface area contributed by atoms with Gasteiger partial charge in [0.05, 0.1) is 12.1 Å². The van der Waals surface area contributed by atoms with E-state index in [-0.39, 0.29) is 18.2 Å². The van der Waals surface area contributed by atoms with Crippen LogP contribution in [0.5, 0.6) is 0 Å². The number of amides is 3. The van der Waals surface area contributed by atoms with Crippen LogP contribution in [0.3, 0.4) is 0 Å². The Morgan fingerprint density at radius 2 is 1.78 bits per heavy atom. The van der Waals surface area contributed by atoms with Crippen LogP contribution in [0.4, 0.5) is 0 Å². The number of carbonyl (C=O) groups excluding carboxylic acids is 3. The van der Waals surface area contributed by atoms with Crippen LogP contribution in [0.25, 0.3) is 0 Å². The van der Waals surface area contributed by atoms with E-state index in [9.17, 15) is 29.4 Å². The van der Waals surface area contributed by atoms with E-state index in [0.717, 1.165) is 0 Å². The molecule has 0 saturated carbocycles. The molecule has 8 N–H and O–H groups in total. The zero-order valence-electron chi connectivity index (χ0n) is 19.3. The number of nitrogens with two attached hydrogens (primary N) is 2. The van der Waals surface area contributed by atoms with E-state index < -0.39 is 48.1 Å². The quantitative estimate of drug-likeness (QED) is 0.188. The minimum atomic E-state index is -1.50. The van der Waals surface area contributed by atoms with Crippen LogP contribution in [0.2, 0.25) is 0 Å². The molecule has 1 rings (SSSR count). The highest BCUT2D eigenvalue weighted by atomic mass is 16.4. The molecule has 184 valence electrons. The number of nitrogens with one attached hydrogen (secondary N) is 2. The summed E-state index contributed by atoms with van der Waals surface area (Å²) in [5, 5.41) is 23.8. The van der Waals surface area contributed by atoms with Gasteiger partial charge in [-0.3, -0.25) is 14.4 Å².